The zero-order valence-electron chi connectivity index (χ0n) is 15.2. The largest absolute Gasteiger partial charge is 0.403 e. The highest BCUT2D eigenvalue weighted by atomic mass is 127. The third-order valence-electron chi connectivity index (χ3n) is 4.52. The fraction of sp³-hybridized carbons (Fsp3) is 0.929. The molecule has 0 bridgehead atoms. The van der Waals surface area contributed by atoms with E-state index in [0.717, 1.165) is 6.92 Å². The van der Waals surface area contributed by atoms with Crippen LogP contribution in [-0.4, -0.2) is 87.2 Å². The van der Waals surface area contributed by atoms with Crippen molar-refractivity contribution in [3.63, 3.8) is 0 Å². The molecule has 1 saturated heterocycles. The number of sulfone groups is 1. The molecule has 1 unspecified atom stereocenters. The monoisotopic (exact) mass is 500 g/mol. The van der Waals surface area contributed by atoms with E-state index in [4.69, 9.17) is 0 Å². The van der Waals surface area contributed by atoms with Gasteiger partial charge in [-0.2, -0.15) is 13.2 Å². The van der Waals surface area contributed by atoms with E-state index >= 15 is 0 Å². The Kier molecular flexibility index (Phi) is 8.96. The number of piperazine rings is 1. The van der Waals surface area contributed by atoms with E-state index in [-0.39, 0.29) is 43.6 Å². The van der Waals surface area contributed by atoms with Crippen molar-refractivity contribution in [1.29, 1.82) is 0 Å². The summed E-state index contributed by atoms with van der Waals surface area (Å²) in [6, 6.07) is -1.47. The van der Waals surface area contributed by atoms with Crippen LogP contribution in [0.3, 0.4) is 0 Å². The molecule has 0 radical (unpaired) electrons. The summed E-state index contributed by atoms with van der Waals surface area (Å²) in [5, 5.41) is 3.02. The maximum absolute atomic E-state index is 12.8. The zero-order chi connectivity index (χ0) is 18.8. The summed E-state index contributed by atoms with van der Waals surface area (Å²) in [5.74, 6) is 0.506. The minimum absolute atomic E-state index is 0. The third kappa shape index (κ3) is 6.74. The van der Waals surface area contributed by atoms with Gasteiger partial charge in [0.1, 0.15) is 6.04 Å². The van der Waals surface area contributed by atoms with E-state index in [1.807, 2.05) is 4.90 Å². The third-order valence-corrected chi connectivity index (χ3v) is 6.67. The highest BCUT2D eigenvalue weighted by Gasteiger charge is 2.41. The lowest BCUT2D eigenvalue weighted by Crippen LogP contribution is -2.58. The lowest BCUT2D eigenvalue weighted by molar-refractivity contribution is -0.181. The van der Waals surface area contributed by atoms with Crippen LogP contribution in [0.4, 0.5) is 13.2 Å². The van der Waals surface area contributed by atoms with Gasteiger partial charge in [0, 0.05) is 46.0 Å². The van der Waals surface area contributed by atoms with Gasteiger partial charge in [-0.3, -0.25) is 9.89 Å². The summed E-state index contributed by atoms with van der Waals surface area (Å²) >= 11 is 0. The molecule has 1 aliphatic rings. The molecule has 1 N–H and O–H groups in total. The Labute approximate surface area is 165 Å². The predicted octanol–water partition coefficient (Wildman–Crippen LogP) is 1.57. The highest BCUT2D eigenvalue weighted by molar-refractivity contribution is 14.0. The first-order valence-corrected chi connectivity index (χ1v) is 9.64. The van der Waals surface area contributed by atoms with Crippen LogP contribution in [0.1, 0.15) is 20.8 Å². The summed E-state index contributed by atoms with van der Waals surface area (Å²) in [6.45, 7) is 5.93. The summed E-state index contributed by atoms with van der Waals surface area (Å²) in [6.07, 6.45) is -3.06. The number of nitrogens with one attached hydrogen (secondary N) is 1. The average Bonchev–Trinajstić information content (AvgIpc) is 2.45. The first-order chi connectivity index (χ1) is 10.8. The molecule has 1 aliphatic heterocycles. The molecule has 25 heavy (non-hydrogen) atoms. The standard InChI is InChI=1S/C14H27F3N4O2S.HI/c1-11(14(15,16)17)20-6-8-21(9-7-20)12(18-4)19-10-13(2,3)24(5,22)23;/h11H,6-10H2,1-5H3,(H,18,19);1H. The number of rotatable bonds is 4. The molecule has 0 aliphatic carbocycles. The molecule has 11 heteroatoms. The van der Waals surface area contributed by atoms with Crippen molar-refractivity contribution in [3.05, 3.63) is 0 Å². The van der Waals surface area contributed by atoms with E-state index in [1.165, 1.54) is 11.2 Å². The Balaban J connectivity index is 0.00000576. The quantitative estimate of drug-likeness (QED) is 0.361. The Hall–Kier alpha value is -0.300. The average molecular weight is 500 g/mol. The van der Waals surface area contributed by atoms with Crippen molar-refractivity contribution < 1.29 is 21.6 Å². The SMILES string of the molecule is CN=C(NCC(C)(C)S(C)(=O)=O)N1CCN(C(C)C(F)(F)F)CC1.I. The second kappa shape index (κ2) is 9.07. The molecule has 0 spiro atoms. The van der Waals surface area contributed by atoms with E-state index < -0.39 is 26.8 Å². The van der Waals surface area contributed by atoms with Gasteiger partial charge < -0.3 is 10.2 Å². The van der Waals surface area contributed by atoms with Crippen LogP contribution in [0.15, 0.2) is 4.99 Å². The van der Waals surface area contributed by atoms with Crippen LogP contribution in [0.2, 0.25) is 0 Å². The molecule has 0 amide bonds. The lowest BCUT2D eigenvalue weighted by Gasteiger charge is -2.40. The number of nitrogens with zero attached hydrogens (tertiary/aromatic N) is 3. The molecule has 0 aromatic heterocycles. The van der Waals surface area contributed by atoms with Gasteiger partial charge in [-0.25, -0.2) is 8.42 Å². The topological polar surface area (TPSA) is 65.0 Å². The first-order valence-electron chi connectivity index (χ1n) is 7.75. The lowest BCUT2D eigenvalue weighted by atomic mass is 10.2. The van der Waals surface area contributed by atoms with Gasteiger partial charge in [0.05, 0.1) is 4.75 Å². The molecule has 1 rings (SSSR count). The van der Waals surface area contributed by atoms with Crippen molar-refractivity contribution in [2.45, 2.75) is 37.7 Å². The number of halogens is 4. The van der Waals surface area contributed by atoms with Gasteiger partial charge in [0.2, 0.25) is 0 Å². The molecule has 1 heterocycles. The van der Waals surface area contributed by atoms with Gasteiger partial charge >= 0.3 is 6.18 Å². The molecule has 0 aromatic rings. The van der Waals surface area contributed by atoms with E-state index in [2.05, 4.69) is 10.3 Å². The van der Waals surface area contributed by atoms with E-state index in [1.54, 1.807) is 20.9 Å². The normalized spacial score (nSPS) is 19.4. The summed E-state index contributed by atoms with van der Waals surface area (Å²) in [5.41, 5.74) is 0. The van der Waals surface area contributed by atoms with Crippen molar-refractivity contribution in [2.75, 3.05) is 46.0 Å². The van der Waals surface area contributed by atoms with Crippen LogP contribution in [0, 0.1) is 0 Å². The number of alkyl halides is 3. The van der Waals surface area contributed by atoms with Gasteiger partial charge in [-0.05, 0) is 20.8 Å². The van der Waals surface area contributed by atoms with Crippen LogP contribution >= 0.6 is 24.0 Å². The minimum Gasteiger partial charge on any atom is -0.355 e. The first kappa shape index (κ1) is 24.7. The highest BCUT2D eigenvalue weighted by Crippen LogP contribution is 2.25. The zero-order valence-corrected chi connectivity index (χ0v) is 18.4. The molecule has 0 saturated carbocycles. The summed E-state index contributed by atoms with van der Waals surface area (Å²) in [7, 11) is -1.67. The summed E-state index contributed by atoms with van der Waals surface area (Å²) in [4.78, 5) is 7.35. The fourth-order valence-corrected chi connectivity index (χ4v) is 2.62. The molecule has 1 atom stereocenters. The van der Waals surface area contributed by atoms with Crippen molar-refractivity contribution in [2.24, 2.45) is 4.99 Å². The van der Waals surface area contributed by atoms with Gasteiger partial charge in [0.15, 0.2) is 15.8 Å². The summed E-state index contributed by atoms with van der Waals surface area (Å²) < 4.78 is 60.8. The van der Waals surface area contributed by atoms with Crippen molar-refractivity contribution in [3.8, 4) is 0 Å². The van der Waals surface area contributed by atoms with Crippen molar-refractivity contribution in [1.82, 2.24) is 15.1 Å². The predicted molar refractivity (Wildman–Crippen MR) is 104 cm³/mol. The smallest absolute Gasteiger partial charge is 0.355 e. The van der Waals surface area contributed by atoms with Gasteiger partial charge in [-0.15, -0.1) is 24.0 Å². The molecular formula is C14H28F3IN4O2S. The molecule has 1 fully saturated rings. The molecular weight excluding hydrogens is 472 g/mol. The fourth-order valence-electron chi connectivity index (χ4n) is 2.28. The Morgan fingerprint density at radius 2 is 1.68 bits per heavy atom. The Morgan fingerprint density at radius 3 is 2.04 bits per heavy atom. The molecule has 0 aromatic carbocycles. The number of hydrogen-bond acceptors (Lipinski definition) is 4. The van der Waals surface area contributed by atoms with Crippen LogP contribution < -0.4 is 5.32 Å². The van der Waals surface area contributed by atoms with Crippen LogP contribution in [-0.2, 0) is 9.84 Å². The second-order valence-corrected chi connectivity index (χ2v) is 9.32. The number of hydrogen-bond donors (Lipinski definition) is 1. The molecule has 150 valence electrons. The van der Waals surface area contributed by atoms with E-state index in [9.17, 15) is 21.6 Å². The van der Waals surface area contributed by atoms with Gasteiger partial charge in [0.25, 0.3) is 0 Å². The van der Waals surface area contributed by atoms with Crippen LogP contribution in [0.5, 0.6) is 0 Å². The number of guanidine groups is 1. The second-order valence-electron chi connectivity index (χ2n) is 6.67. The Morgan fingerprint density at radius 1 is 1.20 bits per heavy atom. The van der Waals surface area contributed by atoms with E-state index in [0.29, 0.717) is 19.0 Å². The van der Waals surface area contributed by atoms with Crippen LogP contribution in [0.25, 0.3) is 0 Å². The maximum Gasteiger partial charge on any atom is 0.403 e. The maximum atomic E-state index is 12.8. The van der Waals surface area contributed by atoms with Crippen molar-refractivity contribution >= 4 is 39.8 Å². The number of aliphatic imine (C=N–C) groups is 1. The van der Waals surface area contributed by atoms with Gasteiger partial charge in [-0.1, -0.05) is 0 Å². The Bertz CT molecular complexity index is 559. The minimum atomic E-state index is -4.23. The molecule has 6 nitrogen and oxygen atoms in total.